The first-order valence-corrected chi connectivity index (χ1v) is 17.8. The fraction of sp³-hybridized carbons (Fsp3) is 1.00. The number of nitrogens with zero attached hydrogens (tertiary/aromatic N) is 1. The predicted octanol–water partition coefficient (Wildman–Crippen LogP) is 12.5. The average molecular weight is 520 g/mol. The van der Waals surface area contributed by atoms with Gasteiger partial charge in [-0.25, -0.2) is 0 Å². The Morgan fingerprint density at radius 1 is 0.432 bits per heavy atom. The van der Waals surface area contributed by atoms with Gasteiger partial charge < -0.3 is 4.90 Å². The molecule has 0 spiro atoms. The van der Waals surface area contributed by atoms with Gasteiger partial charge in [-0.15, -0.1) is 0 Å². The van der Waals surface area contributed by atoms with Gasteiger partial charge in [0.25, 0.3) is 0 Å². The second kappa shape index (κ2) is 26.2. The maximum atomic E-state index is 2.50. The van der Waals surface area contributed by atoms with E-state index in [0.29, 0.717) is 0 Å². The number of hydrogen-bond acceptors (Lipinski definition) is 1. The van der Waals surface area contributed by atoms with Crippen LogP contribution in [0.25, 0.3) is 0 Å². The molecular formula is C36H73N. The second-order valence-electron chi connectivity index (χ2n) is 13.3. The molecule has 0 saturated heterocycles. The molecule has 0 heterocycles. The molecule has 1 saturated carbocycles. The minimum Gasteiger partial charge on any atom is -0.306 e. The van der Waals surface area contributed by atoms with Crippen LogP contribution in [0.3, 0.4) is 0 Å². The summed E-state index contributed by atoms with van der Waals surface area (Å²) >= 11 is 0. The van der Waals surface area contributed by atoms with E-state index in [1.807, 2.05) is 0 Å². The summed E-state index contributed by atoms with van der Waals surface area (Å²) in [6, 6.07) is 0.821. The third-order valence-corrected chi connectivity index (χ3v) is 9.48. The Morgan fingerprint density at radius 3 is 1.05 bits per heavy atom. The molecule has 1 fully saturated rings. The second-order valence-corrected chi connectivity index (χ2v) is 13.3. The van der Waals surface area contributed by atoms with Crippen LogP contribution in [-0.4, -0.2) is 25.0 Å². The predicted molar refractivity (Wildman–Crippen MR) is 170 cm³/mol. The SMILES string of the molecule is CCCCCCCCCCCC(CCCCCCCCCCCC1CC1CCCCCCCC)N(C)C. The molecule has 1 aliphatic rings. The van der Waals surface area contributed by atoms with E-state index in [1.54, 1.807) is 19.3 Å². The van der Waals surface area contributed by atoms with Crippen molar-refractivity contribution < 1.29 is 0 Å². The van der Waals surface area contributed by atoms with Crippen molar-refractivity contribution in [2.45, 2.75) is 206 Å². The van der Waals surface area contributed by atoms with E-state index in [0.717, 1.165) is 17.9 Å². The molecule has 1 nitrogen and oxygen atoms in total. The van der Waals surface area contributed by atoms with Crippen LogP contribution in [0.1, 0.15) is 200 Å². The van der Waals surface area contributed by atoms with Gasteiger partial charge in [-0.05, 0) is 45.2 Å². The molecule has 0 aromatic heterocycles. The van der Waals surface area contributed by atoms with E-state index in [4.69, 9.17) is 0 Å². The minimum atomic E-state index is 0.821. The highest BCUT2D eigenvalue weighted by Gasteiger charge is 2.34. The Kier molecular flexibility index (Phi) is 24.8. The summed E-state index contributed by atoms with van der Waals surface area (Å²) in [7, 11) is 4.61. The normalized spacial score (nSPS) is 18.1. The molecule has 0 radical (unpaired) electrons. The lowest BCUT2D eigenvalue weighted by atomic mass is 9.99. The maximum Gasteiger partial charge on any atom is 0.00891 e. The van der Waals surface area contributed by atoms with Crippen LogP contribution in [-0.2, 0) is 0 Å². The van der Waals surface area contributed by atoms with Crippen molar-refractivity contribution in [3.05, 3.63) is 0 Å². The minimum absolute atomic E-state index is 0.821. The number of hydrogen-bond donors (Lipinski definition) is 0. The van der Waals surface area contributed by atoms with Gasteiger partial charge in [0.1, 0.15) is 0 Å². The fourth-order valence-electron chi connectivity index (χ4n) is 6.58. The van der Waals surface area contributed by atoms with Gasteiger partial charge in [0.05, 0.1) is 0 Å². The molecule has 0 N–H and O–H groups in total. The Hall–Kier alpha value is -0.0400. The van der Waals surface area contributed by atoms with Gasteiger partial charge in [-0.1, -0.05) is 181 Å². The lowest BCUT2D eigenvalue weighted by Crippen LogP contribution is -2.27. The van der Waals surface area contributed by atoms with Crippen LogP contribution in [0.2, 0.25) is 0 Å². The zero-order chi connectivity index (χ0) is 26.8. The molecule has 0 aromatic rings. The van der Waals surface area contributed by atoms with Crippen molar-refractivity contribution >= 4 is 0 Å². The van der Waals surface area contributed by atoms with Crippen LogP contribution >= 0.6 is 0 Å². The van der Waals surface area contributed by atoms with Crippen molar-refractivity contribution in [1.29, 1.82) is 0 Å². The van der Waals surface area contributed by atoms with E-state index in [9.17, 15) is 0 Å². The topological polar surface area (TPSA) is 3.24 Å². The molecule has 37 heavy (non-hydrogen) atoms. The van der Waals surface area contributed by atoms with E-state index in [-0.39, 0.29) is 0 Å². The molecule has 222 valence electrons. The Balaban J connectivity index is 1.81. The van der Waals surface area contributed by atoms with Crippen LogP contribution < -0.4 is 0 Å². The van der Waals surface area contributed by atoms with Gasteiger partial charge in [0, 0.05) is 6.04 Å². The monoisotopic (exact) mass is 520 g/mol. The first-order chi connectivity index (χ1) is 18.2. The first-order valence-electron chi connectivity index (χ1n) is 17.8. The quantitative estimate of drug-likeness (QED) is 0.0853. The maximum absolute atomic E-state index is 2.50. The van der Waals surface area contributed by atoms with Crippen molar-refractivity contribution in [2.24, 2.45) is 11.8 Å². The van der Waals surface area contributed by atoms with E-state index >= 15 is 0 Å². The third kappa shape index (κ3) is 22.5. The van der Waals surface area contributed by atoms with Gasteiger partial charge in [0.15, 0.2) is 0 Å². The van der Waals surface area contributed by atoms with Gasteiger partial charge in [0.2, 0.25) is 0 Å². The molecular weight excluding hydrogens is 446 g/mol. The summed E-state index contributed by atoms with van der Waals surface area (Å²) in [6.45, 7) is 4.63. The van der Waals surface area contributed by atoms with Gasteiger partial charge in [-0.2, -0.15) is 0 Å². The van der Waals surface area contributed by atoms with Gasteiger partial charge in [-0.3, -0.25) is 0 Å². The highest BCUT2D eigenvalue weighted by atomic mass is 15.1. The van der Waals surface area contributed by atoms with Crippen LogP contribution in [0.4, 0.5) is 0 Å². The Labute approximate surface area is 236 Å². The fourth-order valence-corrected chi connectivity index (χ4v) is 6.58. The number of unbranched alkanes of at least 4 members (excludes halogenated alkanes) is 21. The number of rotatable bonds is 30. The van der Waals surface area contributed by atoms with Crippen molar-refractivity contribution in [2.75, 3.05) is 14.1 Å². The smallest absolute Gasteiger partial charge is 0.00891 e. The first kappa shape index (κ1) is 35.0. The Morgan fingerprint density at radius 2 is 0.730 bits per heavy atom. The molecule has 0 bridgehead atoms. The molecule has 0 aromatic carbocycles. The largest absolute Gasteiger partial charge is 0.306 e. The van der Waals surface area contributed by atoms with Crippen LogP contribution in [0, 0.1) is 11.8 Å². The highest BCUT2D eigenvalue weighted by molar-refractivity contribution is 4.85. The molecule has 3 atom stereocenters. The van der Waals surface area contributed by atoms with E-state index in [2.05, 4.69) is 32.8 Å². The van der Waals surface area contributed by atoms with Gasteiger partial charge >= 0.3 is 0 Å². The summed E-state index contributed by atoms with van der Waals surface area (Å²) in [5.41, 5.74) is 0. The zero-order valence-corrected chi connectivity index (χ0v) is 26.7. The average Bonchev–Trinajstić information content (AvgIpc) is 3.64. The van der Waals surface area contributed by atoms with Crippen LogP contribution in [0.15, 0.2) is 0 Å². The third-order valence-electron chi connectivity index (χ3n) is 9.48. The standard InChI is InChI=1S/C36H73N/c1-5-7-9-11-13-15-19-23-27-31-36(37(3)4)32-28-24-20-17-14-16-18-22-26-30-35-33-34(35)29-25-21-12-10-8-6-2/h34-36H,5-33H2,1-4H3. The zero-order valence-electron chi connectivity index (χ0n) is 26.7. The lowest BCUT2D eigenvalue weighted by Gasteiger charge is -2.24. The van der Waals surface area contributed by atoms with E-state index < -0.39 is 0 Å². The summed E-state index contributed by atoms with van der Waals surface area (Å²) in [5, 5.41) is 0. The van der Waals surface area contributed by atoms with Crippen LogP contribution in [0.5, 0.6) is 0 Å². The van der Waals surface area contributed by atoms with Crippen molar-refractivity contribution in [3.8, 4) is 0 Å². The summed E-state index contributed by atoms with van der Waals surface area (Å²) in [4.78, 5) is 2.50. The Bertz CT molecular complexity index is 444. The van der Waals surface area contributed by atoms with Crippen molar-refractivity contribution in [1.82, 2.24) is 4.90 Å². The molecule has 0 amide bonds. The van der Waals surface area contributed by atoms with E-state index in [1.165, 1.54) is 167 Å². The molecule has 1 rings (SSSR count). The molecule has 1 heteroatoms. The molecule has 3 unspecified atom stereocenters. The van der Waals surface area contributed by atoms with Crippen molar-refractivity contribution in [3.63, 3.8) is 0 Å². The molecule has 0 aliphatic heterocycles. The highest BCUT2D eigenvalue weighted by Crippen LogP contribution is 2.45. The summed E-state index contributed by atoms with van der Waals surface area (Å²) in [6.07, 6.45) is 42.7. The molecule has 1 aliphatic carbocycles. The lowest BCUT2D eigenvalue weighted by molar-refractivity contribution is 0.251. The summed E-state index contributed by atoms with van der Waals surface area (Å²) < 4.78 is 0. The summed E-state index contributed by atoms with van der Waals surface area (Å²) in [5.74, 6) is 2.25.